The van der Waals surface area contributed by atoms with E-state index in [0.717, 1.165) is 24.4 Å². The molecule has 0 fully saturated rings. The van der Waals surface area contributed by atoms with Crippen LogP contribution in [-0.4, -0.2) is 39.3 Å². The van der Waals surface area contributed by atoms with E-state index in [9.17, 15) is 4.79 Å². The molecule has 6 heteroatoms. The zero-order valence-electron chi connectivity index (χ0n) is 12.0. The summed E-state index contributed by atoms with van der Waals surface area (Å²) in [5.41, 5.74) is 1.86. The summed E-state index contributed by atoms with van der Waals surface area (Å²) in [6.07, 6.45) is 0.800. The second-order valence-electron chi connectivity index (χ2n) is 4.81. The zero-order valence-corrected chi connectivity index (χ0v) is 12.7. The number of nitrogens with zero attached hydrogens (tertiary/aromatic N) is 3. The minimum atomic E-state index is -0.781. The Kier molecular flexibility index (Phi) is 5.82. The van der Waals surface area contributed by atoms with Crippen LogP contribution in [0.25, 0.3) is 0 Å². The number of hydrogen-bond acceptors (Lipinski definition) is 3. The molecule has 0 spiro atoms. The van der Waals surface area contributed by atoms with E-state index in [2.05, 4.69) is 5.10 Å². The fourth-order valence-corrected chi connectivity index (χ4v) is 2.36. The van der Waals surface area contributed by atoms with Crippen molar-refractivity contribution >= 4 is 17.6 Å². The van der Waals surface area contributed by atoms with E-state index >= 15 is 0 Å². The normalized spacial score (nSPS) is 12.9. The molecule has 19 heavy (non-hydrogen) atoms. The van der Waals surface area contributed by atoms with E-state index < -0.39 is 11.9 Å². The molecule has 1 atom stereocenters. The number of aryl methyl sites for hydroxylation is 2. The van der Waals surface area contributed by atoms with Crippen LogP contribution >= 0.6 is 11.6 Å². The van der Waals surface area contributed by atoms with Crippen molar-refractivity contribution in [3.8, 4) is 0 Å². The maximum absolute atomic E-state index is 10.9. The van der Waals surface area contributed by atoms with Gasteiger partial charge in [0.05, 0.1) is 22.3 Å². The second-order valence-corrected chi connectivity index (χ2v) is 5.19. The minimum Gasteiger partial charge on any atom is -0.481 e. The lowest BCUT2D eigenvalue weighted by Gasteiger charge is -2.19. The number of halogens is 1. The molecule has 0 radical (unpaired) electrons. The highest BCUT2D eigenvalue weighted by Gasteiger charge is 2.18. The molecule has 0 saturated heterocycles. The molecule has 5 nitrogen and oxygen atoms in total. The summed E-state index contributed by atoms with van der Waals surface area (Å²) in [6.45, 7) is 7.60. The summed E-state index contributed by atoms with van der Waals surface area (Å²) in [6, 6.07) is 0. The van der Waals surface area contributed by atoms with Crippen LogP contribution in [-0.2, 0) is 24.3 Å². The highest BCUT2D eigenvalue weighted by Crippen LogP contribution is 2.23. The van der Waals surface area contributed by atoms with Gasteiger partial charge in [0.15, 0.2) is 0 Å². The summed E-state index contributed by atoms with van der Waals surface area (Å²) in [5, 5.41) is 14.1. The number of carboxylic acids is 1. The highest BCUT2D eigenvalue weighted by molar-refractivity contribution is 6.31. The summed E-state index contributed by atoms with van der Waals surface area (Å²) in [5.74, 6) is -1.18. The largest absolute Gasteiger partial charge is 0.481 e. The van der Waals surface area contributed by atoms with Crippen LogP contribution in [0, 0.1) is 5.92 Å². The third-order valence-electron chi connectivity index (χ3n) is 3.12. The van der Waals surface area contributed by atoms with Gasteiger partial charge >= 0.3 is 5.97 Å². The Morgan fingerprint density at radius 1 is 1.53 bits per heavy atom. The molecule has 1 aromatic heterocycles. The van der Waals surface area contributed by atoms with Crippen molar-refractivity contribution in [1.82, 2.24) is 14.7 Å². The first-order valence-electron chi connectivity index (χ1n) is 6.56. The van der Waals surface area contributed by atoms with Crippen molar-refractivity contribution in [2.24, 2.45) is 5.92 Å². The standard InChI is InChI=1S/C13H22ClN3O2/c1-5-10-12(14)11(17(6-2)15-10)8-16(4)7-9(3)13(18)19/h9H,5-8H2,1-4H3,(H,18,19). The molecule has 1 unspecified atom stereocenters. The van der Waals surface area contributed by atoms with E-state index in [1.54, 1.807) is 6.92 Å². The average molecular weight is 288 g/mol. The highest BCUT2D eigenvalue weighted by atomic mass is 35.5. The van der Waals surface area contributed by atoms with Gasteiger partial charge in [0, 0.05) is 19.6 Å². The SMILES string of the molecule is CCc1nn(CC)c(CN(C)CC(C)C(=O)O)c1Cl. The fourth-order valence-electron chi connectivity index (χ4n) is 2.03. The predicted octanol–water partition coefficient (Wildman–Crippen LogP) is 2.27. The Hall–Kier alpha value is -1.07. The van der Waals surface area contributed by atoms with Crippen molar-refractivity contribution in [2.45, 2.75) is 40.3 Å². The average Bonchev–Trinajstić information content (AvgIpc) is 2.66. The predicted molar refractivity (Wildman–Crippen MR) is 75.4 cm³/mol. The fraction of sp³-hybridized carbons (Fsp3) is 0.692. The lowest BCUT2D eigenvalue weighted by molar-refractivity contribution is -0.141. The van der Waals surface area contributed by atoms with Crippen molar-refractivity contribution in [2.75, 3.05) is 13.6 Å². The Balaban J connectivity index is 2.81. The van der Waals surface area contributed by atoms with Gasteiger partial charge < -0.3 is 5.11 Å². The number of hydrogen-bond donors (Lipinski definition) is 1. The first kappa shape index (κ1) is 16.0. The van der Waals surface area contributed by atoms with Gasteiger partial charge in [0.2, 0.25) is 0 Å². The molecule has 108 valence electrons. The van der Waals surface area contributed by atoms with Crippen LogP contribution in [0.15, 0.2) is 0 Å². The molecular formula is C13H22ClN3O2. The number of aromatic nitrogens is 2. The lowest BCUT2D eigenvalue weighted by Crippen LogP contribution is -2.29. The number of carboxylic acid groups (broad SMARTS) is 1. The van der Waals surface area contributed by atoms with E-state index in [-0.39, 0.29) is 0 Å². The molecule has 0 aliphatic heterocycles. The Bertz CT molecular complexity index is 445. The Morgan fingerprint density at radius 3 is 2.63 bits per heavy atom. The topological polar surface area (TPSA) is 58.4 Å². The maximum Gasteiger partial charge on any atom is 0.307 e. The molecule has 0 aliphatic rings. The molecule has 1 aromatic rings. The van der Waals surface area contributed by atoms with Crippen molar-refractivity contribution in [3.05, 3.63) is 16.4 Å². The van der Waals surface area contributed by atoms with Crippen LogP contribution in [0.1, 0.15) is 32.2 Å². The summed E-state index contributed by atoms with van der Waals surface area (Å²) in [4.78, 5) is 12.8. The summed E-state index contributed by atoms with van der Waals surface area (Å²) < 4.78 is 1.89. The number of aliphatic carboxylic acids is 1. The quantitative estimate of drug-likeness (QED) is 0.836. The van der Waals surface area contributed by atoms with E-state index in [1.165, 1.54) is 0 Å². The zero-order chi connectivity index (χ0) is 14.6. The molecule has 0 aliphatic carbocycles. The van der Waals surface area contributed by atoms with Gasteiger partial charge in [-0.15, -0.1) is 0 Å². The van der Waals surface area contributed by atoms with Crippen LogP contribution in [0.3, 0.4) is 0 Å². The van der Waals surface area contributed by atoms with Crippen molar-refractivity contribution in [3.63, 3.8) is 0 Å². The lowest BCUT2D eigenvalue weighted by atomic mass is 10.1. The van der Waals surface area contributed by atoms with Gasteiger partial charge in [-0.2, -0.15) is 5.10 Å². The Labute approximate surface area is 119 Å². The van der Waals surface area contributed by atoms with Crippen LogP contribution < -0.4 is 0 Å². The van der Waals surface area contributed by atoms with Crippen LogP contribution in [0.4, 0.5) is 0 Å². The van der Waals surface area contributed by atoms with Crippen molar-refractivity contribution in [1.29, 1.82) is 0 Å². The van der Waals surface area contributed by atoms with Gasteiger partial charge in [-0.25, -0.2) is 0 Å². The molecule has 1 rings (SSSR count). The summed E-state index contributed by atoms with van der Waals surface area (Å²) in [7, 11) is 1.90. The van der Waals surface area contributed by atoms with Gasteiger partial charge in [0.25, 0.3) is 0 Å². The molecule has 0 saturated carbocycles. The summed E-state index contributed by atoms with van der Waals surface area (Å²) >= 11 is 6.33. The first-order valence-corrected chi connectivity index (χ1v) is 6.93. The third kappa shape index (κ3) is 3.94. The molecular weight excluding hydrogens is 266 g/mol. The minimum absolute atomic E-state index is 0.396. The molecule has 0 aromatic carbocycles. The smallest absolute Gasteiger partial charge is 0.307 e. The maximum atomic E-state index is 10.9. The second kappa shape index (κ2) is 6.91. The van der Waals surface area contributed by atoms with Crippen LogP contribution in [0.2, 0.25) is 5.02 Å². The van der Waals surface area contributed by atoms with Crippen LogP contribution in [0.5, 0.6) is 0 Å². The molecule has 1 N–H and O–H groups in total. The number of rotatable bonds is 7. The molecule has 0 amide bonds. The van der Waals surface area contributed by atoms with E-state index in [0.29, 0.717) is 18.1 Å². The van der Waals surface area contributed by atoms with Gasteiger partial charge in [-0.1, -0.05) is 25.4 Å². The monoisotopic (exact) mass is 287 g/mol. The van der Waals surface area contributed by atoms with E-state index in [1.807, 2.05) is 30.5 Å². The Morgan fingerprint density at radius 2 is 2.16 bits per heavy atom. The van der Waals surface area contributed by atoms with Gasteiger partial charge in [0.1, 0.15) is 0 Å². The number of carbonyl (C=O) groups is 1. The molecule has 0 bridgehead atoms. The molecule has 1 heterocycles. The van der Waals surface area contributed by atoms with E-state index in [4.69, 9.17) is 16.7 Å². The van der Waals surface area contributed by atoms with Gasteiger partial charge in [-0.05, 0) is 20.4 Å². The van der Waals surface area contributed by atoms with Gasteiger partial charge in [-0.3, -0.25) is 14.4 Å². The van der Waals surface area contributed by atoms with Crippen molar-refractivity contribution < 1.29 is 9.90 Å². The first-order chi connectivity index (χ1) is 8.90. The third-order valence-corrected chi connectivity index (χ3v) is 3.56.